The van der Waals surface area contributed by atoms with Crippen molar-refractivity contribution in [1.82, 2.24) is 20.6 Å². The molecule has 1 aromatic carbocycles. The number of nitrogens with one attached hydrogen (secondary N) is 2. The number of phenols is 1. The van der Waals surface area contributed by atoms with E-state index < -0.39 is 5.78 Å². The molecule has 1 aromatic heterocycles. The van der Waals surface area contributed by atoms with E-state index in [1.54, 1.807) is 12.1 Å². The van der Waals surface area contributed by atoms with Gasteiger partial charge in [0, 0.05) is 18.7 Å². The maximum Gasteiger partial charge on any atom is 0.211 e. The van der Waals surface area contributed by atoms with E-state index in [1.807, 2.05) is 12.1 Å². The van der Waals surface area contributed by atoms with Crippen molar-refractivity contribution in [1.29, 1.82) is 0 Å². The number of carbonyl (C=O) groups is 1. The maximum atomic E-state index is 12.4. The number of rotatable bonds is 6. The molecule has 0 bridgehead atoms. The van der Waals surface area contributed by atoms with Gasteiger partial charge >= 0.3 is 0 Å². The third-order valence-corrected chi connectivity index (χ3v) is 4.54. The lowest BCUT2D eigenvalue weighted by Gasteiger charge is -2.09. The molecule has 0 amide bonds. The Balaban J connectivity index is 1.53. The predicted octanol–water partition coefficient (Wildman–Crippen LogP) is 1.61. The number of nitrogens with two attached hydrogens (primary N) is 2. The van der Waals surface area contributed by atoms with Gasteiger partial charge in [0.2, 0.25) is 5.78 Å². The molecule has 1 atom stereocenters. The van der Waals surface area contributed by atoms with Crippen molar-refractivity contribution in [3.8, 4) is 5.75 Å². The molecule has 142 valence electrons. The van der Waals surface area contributed by atoms with Crippen LogP contribution >= 0.6 is 11.6 Å². The van der Waals surface area contributed by atoms with Crippen LogP contribution < -0.4 is 22.1 Å². The Hall–Kier alpha value is -3.00. The zero-order valence-electron chi connectivity index (χ0n) is 14.6. The SMILES string of the molecule is Nc1nc(N)c(C(=O)/C=C2\NC[C@@H](CCCc3ccc(O)cc3)N2)nc1Cl. The van der Waals surface area contributed by atoms with Gasteiger partial charge in [0.25, 0.3) is 0 Å². The molecule has 1 fully saturated rings. The molecule has 1 aliphatic heterocycles. The molecule has 3 rings (SSSR count). The number of aryl methyl sites for hydroxylation is 1. The summed E-state index contributed by atoms with van der Waals surface area (Å²) >= 11 is 5.81. The zero-order valence-corrected chi connectivity index (χ0v) is 15.3. The summed E-state index contributed by atoms with van der Waals surface area (Å²) in [5, 5.41) is 15.7. The van der Waals surface area contributed by atoms with Crippen molar-refractivity contribution in [2.45, 2.75) is 25.3 Å². The highest BCUT2D eigenvalue weighted by Gasteiger charge is 2.20. The van der Waals surface area contributed by atoms with Crippen LogP contribution in [0.5, 0.6) is 5.75 Å². The number of hydrogen-bond acceptors (Lipinski definition) is 8. The molecule has 0 saturated carbocycles. The van der Waals surface area contributed by atoms with E-state index in [-0.39, 0.29) is 34.3 Å². The number of hydrogen-bond donors (Lipinski definition) is 5. The lowest BCUT2D eigenvalue weighted by Crippen LogP contribution is -2.23. The first-order valence-corrected chi connectivity index (χ1v) is 8.93. The molecule has 0 spiro atoms. The molecule has 0 radical (unpaired) electrons. The average molecular weight is 389 g/mol. The Bertz CT molecular complexity index is 869. The number of aromatic hydroxyl groups is 1. The molecule has 7 N–H and O–H groups in total. The Kier molecular flexibility index (Phi) is 5.66. The lowest BCUT2D eigenvalue weighted by atomic mass is 10.1. The average Bonchev–Trinajstić information content (AvgIpc) is 3.07. The summed E-state index contributed by atoms with van der Waals surface area (Å²) in [5.74, 6) is 0.421. The summed E-state index contributed by atoms with van der Waals surface area (Å²) in [4.78, 5) is 20.1. The van der Waals surface area contributed by atoms with E-state index in [0.29, 0.717) is 5.82 Å². The van der Waals surface area contributed by atoms with E-state index >= 15 is 0 Å². The molecule has 2 aromatic rings. The topological polar surface area (TPSA) is 139 Å². The van der Waals surface area contributed by atoms with Crippen LogP contribution in [0.3, 0.4) is 0 Å². The van der Waals surface area contributed by atoms with Gasteiger partial charge in [-0.2, -0.15) is 0 Å². The lowest BCUT2D eigenvalue weighted by molar-refractivity contribution is 0.104. The number of phenolic OH excluding ortho intramolecular Hbond substituents is 1. The first kappa shape index (κ1) is 18.8. The smallest absolute Gasteiger partial charge is 0.211 e. The molecule has 1 saturated heterocycles. The van der Waals surface area contributed by atoms with Gasteiger partial charge in [-0.15, -0.1) is 0 Å². The van der Waals surface area contributed by atoms with Crippen molar-refractivity contribution < 1.29 is 9.90 Å². The van der Waals surface area contributed by atoms with Crippen LogP contribution in [0.2, 0.25) is 5.15 Å². The highest BCUT2D eigenvalue weighted by atomic mass is 35.5. The first-order chi connectivity index (χ1) is 12.9. The van der Waals surface area contributed by atoms with Gasteiger partial charge in [0.15, 0.2) is 22.5 Å². The van der Waals surface area contributed by atoms with Crippen LogP contribution in [0.1, 0.15) is 28.9 Å². The monoisotopic (exact) mass is 388 g/mol. The summed E-state index contributed by atoms with van der Waals surface area (Å²) in [7, 11) is 0. The maximum absolute atomic E-state index is 12.4. The van der Waals surface area contributed by atoms with E-state index in [1.165, 1.54) is 11.6 Å². The number of allylic oxidation sites excluding steroid dienone is 1. The molecule has 27 heavy (non-hydrogen) atoms. The van der Waals surface area contributed by atoms with Gasteiger partial charge in [0.05, 0.1) is 0 Å². The van der Waals surface area contributed by atoms with E-state index in [0.717, 1.165) is 25.8 Å². The largest absolute Gasteiger partial charge is 0.508 e. The van der Waals surface area contributed by atoms with Crippen LogP contribution in [0.25, 0.3) is 0 Å². The quantitative estimate of drug-likeness (QED) is 0.371. The number of carbonyl (C=O) groups excluding carboxylic acids is 1. The van der Waals surface area contributed by atoms with E-state index in [9.17, 15) is 9.90 Å². The molecule has 1 aliphatic rings. The van der Waals surface area contributed by atoms with Gasteiger partial charge in [-0.1, -0.05) is 23.7 Å². The Labute approximate surface area is 161 Å². The van der Waals surface area contributed by atoms with Crippen molar-refractivity contribution >= 4 is 29.0 Å². The molecule has 9 heteroatoms. The number of nitrogens with zero attached hydrogens (tertiary/aromatic N) is 2. The van der Waals surface area contributed by atoms with Crippen LogP contribution in [0.15, 0.2) is 36.2 Å². The minimum absolute atomic E-state index is 0.0100. The summed E-state index contributed by atoms with van der Waals surface area (Å²) in [6.07, 6.45) is 4.24. The Morgan fingerprint density at radius 1 is 1.26 bits per heavy atom. The van der Waals surface area contributed by atoms with Crippen molar-refractivity contribution in [3.05, 3.63) is 52.6 Å². The van der Waals surface area contributed by atoms with Crippen molar-refractivity contribution in [3.63, 3.8) is 0 Å². The molecule has 0 unspecified atom stereocenters. The molecule has 8 nitrogen and oxygen atoms in total. The summed E-state index contributed by atoms with van der Waals surface area (Å²) in [6, 6.07) is 7.44. The number of halogens is 1. The number of benzene rings is 1. The fraction of sp³-hybridized carbons (Fsp3) is 0.278. The normalized spacial score (nSPS) is 17.5. The van der Waals surface area contributed by atoms with Crippen LogP contribution in [0.4, 0.5) is 11.6 Å². The minimum Gasteiger partial charge on any atom is -0.508 e. The number of anilines is 2. The number of aromatic nitrogens is 2. The van der Waals surface area contributed by atoms with Gasteiger partial charge in [-0.05, 0) is 37.0 Å². The third-order valence-electron chi connectivity index (χ3n) is 4.27. The number of ketones is 1. The first-order valence-electron chi connectivity index (χ1n) is 8.55. The summed E-state index contributed by atoms with van der Waals surface area (Å²) < 4.78 is 0. The van der Waals surface area contributed by atoms with Gasteiger partial charge in [0.1, 0.15) is 11.6 Å². The van der Waals surface area contributed by atoms with Crippen molar-refractivity contribution in [2.24, 2.45) is 0 Å². The second-order valence-corrected chi connectivity index (χ2v) is 6.69. The van der Waals surface area contributed by atoms with Gasteiger partial charge in [-0.25, -0.2) is 9.97 Å². The third kappa shape index (κ3) is 4.79. The van der Waals surface area contributed by atoms with Gasteiger partial charge in [-0.3, -0.25) is 4.79 Å². The van der Waals surface area contributed by atoms with Crippen LogP contribution in [-0.4, -0.2) is 33.4 Å². The zero-order chi connectivity index (χ0) is 19.4. The summed E-state index contributed by atoms with van der Waals surface area (Å²) in [6.45, 7) is 0.721. The Morgan fingerprint density at radius 3 is 2.74 bits per heavy atom. The van der Waals surface area contributed by atoms with E-state index in [4.69, 9.17) is 23.1 Å². The second kappa shape index (κ2) is 8.13. The standard InChI is InChI=1S/C18H21ClN6O2/c19-16-18(21)25-17(20)15(24-16)13(27)8-14-22-9-11(23-14)3-1-2-10-4-6-12(26)7-5-10/h4-8,11,22-23,26H,1-3,9H2,(H4,20,21,25)/b14-8+/t11-/m1/s1. The second-order valence-electron chi connectivity index (χ2n) is 6.34. The van der Waals surface area contributed by atoms with Crippen molar-refractivity contribution in [2.75, 3.05) is 18.0 Å². The molecule has 2 heterocycles. The van der Waals surface area contributed by atoms with Gasteiger partial charge < -0.3 is 27.2 Å². The summed E-state index contributed by atoms with van der Waals surface area (Å²) in [5.41, 5.74) is 12.4. The highest BCUT2D eigenvalue weighted by Crippen LogP contribution is 2.19. The fourth-order valence-corrected chi connectivity index (χ4v) is 2.99. The molecule has 0 aliphatic carbocycles. The number of nitrogen functional groups attached to an aromatic ring is 2. The van der Waals surface area contributed by atoms with Crippen LogP contribution in [0, 0.1) is 0 Å². The Morgan fingerprint density at radius 2 is 2.00 bits per heavy atom. The predicted molar refractivity (Wildman–Crippen MR) is 104 cm³/mol. The van der Waals surface area contributed by atoms with E-state index in [2.05, 4.69) is 20.6 Å². The fourth-order valence-electron chi connectivity index (χ4n) is 2.86. The minimum atomic E-state index is -0.401. The molecular weight excluding hydrogens is 368 g/mol. The van der Waals surface area contributed by atoms with Crippen LogP contribution in [-0.2, 0) is 6.42 Å². The molecular formula is C18H21ClN6O2. The highest BCUT2D eigenvalue weighted by molar-refractivity contribution is 6.31.